The van der Waals surface area contributed by atoms with Crippen molar-refractivity contribution in [1.29, 1.82) is 0 Å². The standard InChI is InChI=1S/2C3H7O.CH3.ClH.Sn/c2*1-2-3-4;;;/h2*2-3H2,1H3;1H3;1H;/q2*-1;;;+3/p-1. The molecule has 0 rings (SSSR count). The Kier molecular flexibility index (Phi) is 7.11. The molecule has 68 valence electrons. The molecular weight excluding hydrogens is 270 g/mol. The molecule has 0 spiro atoms. The van der Waals surface area contributed by atoms with Gasteiger partial charge in [-0.2, -0.15) is 0 Å². The summed E-state index contributed by atoms with van der Waals surface area (Å²) in [5.41, 5.74) is 0. The molecule has 2 nitrogen and oxygen atoms in total. The number of halogens is 1. The van der Waals surface area contributed by atoms with E-state index in [0.29, 0.717) is 0 Å². The summed E-state index contributed by atoms with van der Waals surface area (Å²) in [4.78, 5) is 1.93. The first kappa shape index (κ1) is 12.0. The van der Waals surface area contributed by atoms with Crippen molar-refractivity contribution in [1.82, 2.24) is 0 Å². The molecule has 11 heavy (non-hydrogen) atoms. The molecule has 0 aromatic heterocycles. The van der Waals surface area contributed by atoms with E-state index in [1.807, 2.05) is 4.94 Å². The van der Waals surface area contributed by atoms with E-state index in [-0.39, 0.29) is 0 Å². The van der Waals surface area contributed by atoms with Crippen molar-refractivity contribution in [2.45, 2.75) is 31.6 Å². The normalized spacial score (nSPS) is 12.0. The summed E-state index contributed by atoms with van der Waals surface area (Å²) in [6, 6.07) is 0. The Hall–Kier alpha value is 1.01. The van der Waals surface area contributed by atoms with Gasteiger partial charge in [0.15, 0.2) is 0 Å². The van der Waals surface area contributed by atoms with Gasteiger partial charge in [0.05, 0.1) is 0 Å². The molecule has 0 saturated heterocycles. The summed E-state index contributed by atoms with van der Waals surface area (Å²) < 4.78 is 10.9. The third kappa shape index (κ3) is 7.37. The van der Waals surface area contributed by atoms with Gasteiger partial charge in [0, 0.05) is 0 Å². The van der Waals surface area contributed by atoms with Gasteiger partial charge >= 0.3 is 78.0 Å². The summed E-state index contributed by atoms with van der Waals surface area (Å²) in [7, 11) is 6.06. The quantitative estimate of drug-likeness (QED) is 0.699. The molecule has 0 bridgehead atoms. The van der Waals surface area contributed by atoms with Gasteiger partial charge in [-0.1, -0.05) is 0 Å². The summed E-state index contributed by atoms with van der Waals surface area (Å²) >= 11 is -2.96. The zero-order valence-electron chi connectivity index (χ0n) is 7.52. The van der Waals surface area contributed by atoms with Crippen LogP contribution in [-0.2, 0) is 6.15 Å². The van der Waals surface area contributed by atoms with E-state index in [1.54, 1.807) is 0 Å². The average molecular weight is 287 g/mol. The number of rotatable bonds is 6. The maximum atomic E-state index is 6.06. The first-order valence-corrected chi connectivity index (χ1v) is 12.9. The molecule has 0 N–H and O–H groups in total. The van der Waals surface area contributed by atoms with Crippen molar-refractivity contribution in [2.75, 3.05) is 13.2 Å². The topological polar surface area (TPSA) is 18.5 Å². The third-order valence-electron chi connectivity index (χ3n) is 1.13. The fraction of sp³-hybridized carbons (Fsp3) is 1.00. The number of hydrogen-bond donors (Lipinski definition) is 0. The Morgan fingerprint density at radius 1 is 1.09 bits per heavy atom. The molecule has 0 aliphatic carbocycles. The third-order valence-corrected chi connectivity index (χ3v) is 6.70. The Labute approximate surface area is 77.9 Å². The van der Waals surface area contributed by atoms with Gasteiger partial charge in [0.25, 0.3) is 0 Å². The molecule has 4 heteroatoms. The van der Waals surface area contributed by atoms with Crippen LogP contribution in [0.25, 0.3) is 0 Å². The van der Waals surface area contributed by atoms with E-state index in [4.69, 9.17) is 15.1 Å². The second-order valence-corrected chi connectivity index (χ2v) is 13.6. The van der Waals surface area contributed by atoms with Gasteiger partial charge in [0.1, 0.15) is 0 Å². The fourth-order valence-corrected chi connectivity index (χ4v) is 5.13. The molecule has 0 amide bonds. The average Bonchev–Trinajstić information content (AvgIpc) is 1.97. The second-order valence-electron chi connectivity index (χ2n) is 2.53. The molecule has 0 aromatic rings. The van der Waals surface area contributed by atoms with Crippen LogP contribution in [0.15, 0.2) is 0 Å². The molecule has 0 aromatic carbocycles. The minimum atomic E-state index is -2.96. The van der Waals surface area contributed by atoms with E-state index >= 15 is 0 Å². The van der Waals surface area contributed by atoms with Gasteiger partial charge in [-0.25, -0.2) is 0 Å². The van der Waals surface area contributed by atoms with E-state index in [0.717, 1.165) is 26.1 Å². The van der Waals surface area contributed by atoms with Gasteiger partial charge in [0.2, 0.25) is 0 Å². The van der Waals surface area contributed by atoms with Crippen LogP contribution in [0, 0.1) is 0 Å². The van der Waals surface area contributed by atoms with Crippen molar-refractivity contribution < 1.29 is 6.15 Å². The van der Waals surface area contributed by atoms with E-state index in [2.05, 4.69) is 13.8 Å². The molecular formula is C7H17ClO2Sn. The molecule has 0 saturated carbocycles. The summed E-state index contributed by atoms with van der Waals surface area (Å²) in [6.07, 6.45) is 2.02. The van der Waals surface area contributed by atoms with Crippen molar-refractivity contribution in [3.63, 3.8) is 0 Å². The van der Waals surface area contributed by atoms with Crippen LogP contribution in [0.5, 0.6) is 0 Å². The molecule has 0 fully saturated rings. The van der Waals surface area contributed by atoms with Crippen molar-refractivity contribution >= 4 is 27.0 Å². The monoisotopic (exact) mass is 288 g/mol. The molecule has 0 unspecified atom stereocenters. The molecule has 0 aliphatic rings. The van der Waals surface area contributed by atoms with Crippen LogP contribution in [0.4, 0.5) is 0 Å². The van der Waals surface area contributed by atoms with Crippen molar-refractivity contribution in [3.8, 4) is 0 Å². The van der Waals surface area contributed by atoms with Crippen molar-refractivity contribution in [2.24, 2.45) is 0 Å². The van der Waals surface area contributed by atoms with Crippen LogP contribution < -0.4 is 0 Å². The van der Waals surface area contributed by atoms with Gasteiger partial charge in [-0.3, -0.25) is 0 Å². The van der Waals surface area contributed by atoms with Gasteiger partial charge < -0.3 is 0 Å². The van der Waals surface area contributed by atoms with E-state index < -0.39 is 18.1 Å². The summed E-state index contributed by atoms with van der Waals surface area (Å²) in [5, 5.41) is 0. The number of hydrogen-bond acceptors (Lipinski definition) is 2. The zero-order valence-corrected chi connectivity index (χ0v) is 11.1. The predicted molar refractivity (Wildman–Crippen MR) is 50.0 cm³/mol. The second kappa shape index (κ2) is 6.52. The van der Waals surface area contributed by atoms with Gasteiger partial charge in [-0.15, -0.1) is 0 Å². The van der Waals surface area contributed by atoms with Crippen LogP contribution in [-0.4, -0.2) is 31.3 Å². The molecule has 0 radical (unpaired) electrons. The Morgan fingerprint density at radius 2 is 1.45 bits per heavy atom. The van der Waals surface area contributed by atoms with E-state index in [9.17, 15) is 0 Å². The van der Waals surface area contributed by atoms with E-state index in [1.165, 1.54) is 0 Å². The predicted octanol–water partition coefficient (Wildman–Crippen LogP) is 2.65. The van der Waals surface area contributed by atoms with Gasteiger partial charge in [-0.05, 0) is 0 Å². The summed E-state index contributed by atoms with van der Waals surface area (Å²) in [5.74, 6) is 0. The summed E-state index contributed by atoms with van der Waals surface area (Å²) in [6.45, 7) is 5.61. The Bertz CT molecular complexity index is 88.4. The molecule has 0 heterocycles. The fourth-order valence-electron chi connectivity index (χ4n) is 0.610. The van der Waals surface area contributed by atoms with Crippen molar-refractivity contribution in [3.05, 3.63) is 0 Å². The Morgan fingerprint density at radius 3 is 1.73 bits per heavy atom. The van der Waals surface area contributed by atoms with Crippen LogP contribution in [0.1, 0.15) is 26.7 Å². The molecule has 0 aliphatic heterocycles. The Balaban J connectivity index is 3.43. The first-order valence-electron chi connectivity index (χ1n) is 4.09. The van der Waals surface area contributed by atoms with Crippen LogP contribution >= 0.6 is 8.92 Å². The zero-order chi connectivity index (χ0) is 8.74. The van der Waals surface area contributed by atoms with Crippen LogP contribution in [0.2, 0.25) is 4.94 Å². The van der Waals surface area contributed by atoms with Crippen LogP contribution in [0.3, 0.4) is 0 Å². The minimum absolute atomic E-state index is 0.736. The maximum absolute atomic E-state index is 6.06. The molecule has 0 atom stereocenters. The SMILES string of the molecule is CCC[O][Sn]([CH3])([Cl])[O]CCC. The first-order chi connectivity index (χ1) is 5.12.